The molecule has 2 aromatic carbocycles. The molecular formula is C20H24Cl2N2O2. The molecule has 0 bridgehead atoms. The molecule has 2 N–H and O–H groups in total. The Morgan fingerprint density at radius 3 is 2.42 bits per heavy atom. The molecule has 1 unspecified atom stereocenters. The lowest BCUT2D eigenvalue weighted by atomic mass is 10.1. The number of rotatable bonds is 9. The number of hydrazine groups is 1. The topological polar surface area (TPSA) is 50.4 Å². The van der Waals surface area contributed by atoms with E-state index in [-0.39, 0.29) is 11.9 Å². The minimum Gasteiger partial charge on any atom is -0.490 e. The summed E-state index contributed by atoms with van der Waals surface area (Å²) in [5, 5.41) is 0.659. The van der Waals surface area contributed by atoms with Crippen molar-refractivity contribution in [2.45, 2.75) is 39.2 Å². The van der Waals surface area contributed by atoms with Crippen molar-refractivity contribution in [1.29, 1.82) is 0 Å². The van der Waals surface area contributed by atoms with E-state index in [1.165, 1.54) is 5.56 Å². The van der Waals surface area contributed by atoms with E-state index in [0.717, 1.165) is 19.3 Å². The van der Waals surface area contributed by atoms with Gasteiger partial charge in [-0.3, -0.25) is 10.2 Å². The molecule has 1 amide bonds. The third-order valence-electron chi connectivity index (χ3n) is 3.82. The molecule has 0 radical (unpaired) electrons. The first-order chi connectivity index (χ1) is 12.5. The maximum Gasteiger partial charge on any atom is 0.265 e. The molecule has 2 aromatic rings. The van der Waals surface area contributed by atoms with E-state index >= 15 is 0 Å². The van der Waals surface area contributed by atoms with Gasteiger partial charge in [-0.1, -0.05) is 66.9 Å². The van der Waals surface area contributed by atoms with Crippen LogP contribution in [0.2, 0.25) is 10.0 Å². The van der Waals surface area contributed by atoms with Crippen LogP contribution in [-0.2, 0) is 6.42 Å². The van der Waals surface area contributed by atoms with Crippen molar-refractivity contribution in [1.82, 2.24) is 10.9 Å². The Morgan fingerprint density at radius 2 is 1.81 bits per heavy atom. The fraction of sp³-hybridized carbons (Fsp3) is 0.350. The Bertz CT molecular complexity index is 700. The summed E-state index contributed by atoms with van der Waals surface area (Å²) in [5.74, 6) is 0.123. The van der Waals surface area contributed by atoms with Gasteiger partial charge in [0.25, 0.3) is 5.91 Å². The number of amides is 1. The quantitative estimate of drug-likeness (QED) is 0.462. The van der Waals surface area contributed by atoms with Crippen molar-refractivity contribution in [3.8, 4) is 5.75 Å². The van der Waals surface area contributed by atoms with Crippen molar-refractivity contribution in [2.75, 3.05) is 6.61 Å². The molecule has 26 heavy (non-hydrogen) atoms. The van der Waals surface area contributed by atoms with Crippen molar-refractivity contribution in [2.24, 2.45) is 0 Å². The molecule has 0 aliphatic carbocycles. The zero-order valence-electron chi connectivity index (χ0n) is 15.0. The molecule has 140 valence electrons. The van der Waals surface area contributed by atoms with Crippen molar-refractivity contribution >= 4 is 29.1 Å². The van der Waals surface area contributed by atoms with Crippen LogP contribution >= 0.6 is 23.2 Å². The van der Waals surface area contributed by atoms with Crippen LogP contribution in [-0.4, -0.2) is 18.6 Å². The molecule has 2 rings (SSSR count). The zero-order valence-corrected chi connectivity index (χ0v) is 16.5. The van der Waals surface area contributed by atoms with Crippen molar-refractivity contribution in [3.63, 3.8) is 0 Å². The van der Waals surface area contributed by atoms with Crippen LogP contribution in [0.25, 0.3) is 0 Å². The molecule has 0 aromatic heterocycles. The van der Waals surface area contributed by atoms with Crippen molar-refractivity contribution < 1.29 is 9.53 Å². The highest BCUT2D eigenvalue weighted by Crippen LogP contribution is 2.34. The highest BCUT2D eigenvalue weighted by atomic mass is 35.5. The van der Waals surface area contributed by atoms with Crippen LogP contribution in [0.1, 0.15) is 42.6 Å². The largest absolute Gasteiger partial charge is 0.490 e. The SMILES string of the molecule is CCCCOc1c(Cl)cc(C(=O)NNC(C)Cc2ccccc2)cc1Cl. The van der Waals surface area contributed by atoms with Gasteiger partial charge in [0.05, 0.1) is 16.7 Å². The summed E-state index contributed by atoms with van der Waals surface area (Å²) in [6, 6.07) is 13.3. The molecule has 0 fully saturated rings. The molecule has 1 atom stereocenters. The standard InChI is InChI=1S/C20H24Cl2N2O2/c1-3-4-10-26-19-17(21)12-16(13-18(19)22)20(25)24-23-14(2)11-15-8-6-5-7-9-15/h5-9,12-14,23H,3-4,10-11H2,1-2H3,(H,24,25). The number of carbonyl (C=O) groups excluding carboxylic acids is 1. The van der Waals surface area contributed by atoms with Crippen LogP contribution in [0.15, 0.2) is 42.5 Å². The normalized spacial score (nSPS) is 11.8. The van der Waals surface area contributed by atoms with E-state index in [9.17, 15) is 4.79 Å². The average Bonchev–Trinajstić information content (AvgIpc) is 2.62. The van der Waals surface area contributed by atoms with Crippen LogP contribution in [0.4, 0.5) is 0 Å². The predicted molar refractivity (Wildman–Crippen MR) is 107 cm³/mol. The van der Waals surface area contributed by atoms with E-state index in [1.54, 1.807) is 12.1 Å². The van der Waals surface area contributed by atoms with Crippen LogP contribution in [0, 0.1) is 0 Å². The first-order valence-corrected chi connectivity index (χ1v) is 9.48. The number of halogens is 2. The lowest BCUT2D eigenvalue weighted by Crippen LogP contribution is -2.43. The summed E-state index contributed by atoms with van der Waals surface area (Å²) in [4.78, 5) is 12.3. The minimum atomic E-state index is -0.297. The first kappa shape index (κ1) is 20.6. The van der Waals surface area contributed by atoms with E-state index in [4.69, 9.17) is 27.9 Å². The maximum absolute atomic E-state index is 12.3. The van der Waals surface area contributed by atoms with Gasteiger partial charge in [-0.25, -0.2) is 5.43 Å². The molecule has 4 nitrogen and oxygen atoms in total. The minimum absolute atomic E-state index is 0.0731. The highest BCUT2D eigenvalue weighted by molar-refractivity contribution is 6.37. The van der Waals surface area contributed by atoms with Crippen LogP contribution in [0.3, 0.4) is 0 Å². The van der Waals surface area contributed by atoms with E-state index in [0.29, 0.717) is 28.0 Å². The Kier molecular flexibility index (Phi) is 8.23. The third-order valence-corrected chi connectivity index (χ3v) is 4.38. The second kappa shape index (κ2) is 10.4. The van der Waals surface area contributed by atoms with Gasteiger partial charge in [-0.2, -0.15) is 0 Å². The van der Waals surface area contributed by atoms with Gasteiger partial charge < -0.3 is 4.74 Å². The molecule has 0 heterocycles. The first-order valence-electron chi connectivity index (χ1n) is 8.73. The smallest absolute Gasteiger partial charge is 0.265 e. The van der Waals surface area contributed by atoms with E-state index in [1.807, 2.05) is 25.1 Å². The van der Waals surface area contributed by atoms with Gasteiger partial charge in [-0.05, 0) is 37.5 Å². The molecule has 0 aliphatic rings. The van der Waals surface area contributed by atoms with Gasteiger partial charge in [0.1, 0.15) is 0 Å². The van der Waals surface area contributed by atoms with Crippen LogP contribution in [0.5, 0.6) is 5.75 Å². The molecular weight excluding hydrogens is 371 g/mol. The number of hydrogen-bond donors (Lipinski definition) is 2. The summed E-state index contributed by atoms with van der Waals surface area (Å²) in [6.07, 6.45) is 2.73. The fourth-order valence-corrected chi connectivity index (χ4v) is 3.02. The summed E-state index contributed by atoms with van der Waals surface area (Å²) in [6.45, 7) is 4.61. The Labute approximate surface area is 164 Å². The number of hydrogen-bond acceptors (Lipinski definition) is 3. The van der Waals surface area contributed by atoms with Gasteiger partial charge in [0.15, 0.2) is 5.75 Å². The average molecular weight is 395 g/mol. The maximum atomic E-state index is 12.3. The Hall–Kier alpha value is -1.75. The van der Waals surface area contributed by atoms with Gasteiger partial charge in [0.2, 0.25) is 0 Å². The number of nitrogens with one attached hydrogen (secondary N) is 2. The highest BCUT2D eigenvalue weighted by Gasteiger charge is 2.15. The summed E-state index contributed by atoms with van der Waals surface area (Å²) in [7, 11) is 0. The second-order valence-corrected chi connectivity index (χ2v) is 6.97. The van der Waals surface area contributed by atoms with Crippen molar-refractivity contribution in [3.05, 3.63) is 63.6 Å². The predicted octanol–water partition coefficient (Wildman–Crippen LogP) is 5.04. The molecule has 0 saturated heterocycles. The monoisotopic (exact) mass is 394 g/mol. The number of carbonyl (C=O) groups is 1. The number of unbranched alkanes of at least 4 members (excludes halogenated alkanes) is 1. The second-order valence-electron chi connectivity index (χ2n) is 6.16. The van der Waals surface area contributed by atoms with Gasteiger partial charge >= 0.3 is 0 Å². The molecule has 6 heteroatoms. The summed E-state index contributed by atoms with van der Waals surface area (Å²) in [5.41, 5.74) is 7.28. The lowest BCUT2D eigenvalue weighted by Gasteiger charge is -2.16. The Balaban J connectivity index is 1.92. The lowest BCUT2D eigenvalue weighted by molar-refractivity contribution is 0.0926. The molecule has 0 aliphatic heterocycles. The summed E-state index contributed by atoms with van der Waals surface area (Å²) < 4.78 is 5.60. The van der Waals surface area contributed by atoms with Gasteiger partial charge in [-0.15, -0.1) is 0 Å². The summed E-state index contributed by atoms with van der Waals surface area (Å²) >= 11 is 12.4. The zero-order chi connectivity index (χ0) is 18.9. The number of benzene rings is 2. The molecule has 0 saturated carbocycles. The van der Waals surface area contributed by atoms with E-state index in [2.05, 4.69) is 29.9 Å². The fourth-order valence-electron chi connectivity index (χ4n) is 2.43. The number of ether oxygens (including phenoxy) is 1. The van der Waals surface area contributed by atoms with Crippen LogP contribution < -0.4 is 15.6 Å². The Morgan fingerprint density at radius 1 is 1.15 bits per heavy atom. The van der Waals surface area contributed by atoms with Gasteiger partial charge in [0, 0.05) is 11.6 Å². The third kappa shape index (κ3) is 6.20. The molecule has 0 spiro atoms. The van der Waals surface area contributed by atoms with E-state index < -0.39 is 0 Å².